The molecule has 0 aliphatic heterocycles. The van der Waals surface area contributed by atoms with Gasteiger partial charge in [0.1, 0.15) is 9.88 Å². The molecule has 0 aliphatic carbocycles. The third-order valence-electron chi connectivity index (χ3n) is 4.16. The molecule has 0 fully saturated rings. The van der Waals surface area contributed by atoms with Gasteiger partial charge in [-0.15, -0.1) is 11.3 Å². The molecule has 0 unspecified atom stereocenters. The van der Waals surface area contributed by atoms with Crippen molar-refractivity contribution in [2.75, 3.05) is 23.8 Å². The number of carbonyl (C=O) groups excluding carboxylic acids is 2. The van der Waals surface area contributed by atoms with E-state index < -0.39 is 46.2 Å². The van der Waals surface area contributed by atoms with E-state index in [0.717, 1.165) is 11.3 Å². The summed E-state index contributed by atoms with van der Waals surface area (Å²) in [7, 11) is 0. The highest BCUT2D eigenvalue weighted by molar-refractivity contribution is 7.80. The van der Waals surface area contributed by atoms with E-state index in [-0.39, 0.29) is 40.3 Å². The minimum atomic E-state index is -5.04. The largest absolute Gasteiger partial charge is 0.462 e. The summed E-state index contributed by atoms with van der Waals surface area (Å²) < 4.78 is 88.4. The van der Waals surface area contributed by atoms with Gasteiger partial charge in [-0.05, 0) is 56.8 Å². The molecule has 6 nitrogen and oxygen atoms in total. The van der Waals surface area contributed by atoms with Gasteiger partial charge in [0.05, 0.1) is 29.9 Å². The van der Waals surface area contributed by atoms with Crippen molar-refractivity contribution in [3.05, 3.63) is 45.3 Å². The molecule has 0 spiro atoms. The van der Waals surface area contributed by atoms with Gasteiger partial charge >= 0.3 is 24.3 Å². The van der Waals surface area contributed by atoms with Gasteiger partial charge in [-0.25, -0.2) is 9.59 Å². The summed E-state index contributed by atoms with van der Waals surface area (Å²) in [6.45, 7) is 4.66. The average molecular weight is 528 g/mol. The summed E-state index contributed by atoms with van der Waals surface area (Å²) in [6, 6.07) is 0.896. The normalized spacial score (nSPS) is 11.7. The van der Waals surface area contributed by atoms with E-state index in [1.54, 1.807) is 13.8 Å². The zero-order valence-corrected chi connectivity index (χ0v) is 19.5. The van der Waals surface area contributed by atoms with Gasteiger partial charge in [-0.1, -0.05) is 0 Å². The molecule has 0 radical (unpaired) electrons. The maximum Gasteiger partial charge on any atom is 0.416 e. The monoisotopic (exact) mass is 528 g/mol. The lowest BCUT2D eigenvalue weighted by atomic mass is 10.1. The van der Waals surface area contributed by atoms with Crippen LogP contribution in [0.25, 0.3) is 0 Å². The summed E-state index contributed by atoms with van der Waals surface area (Å²) in [6.07, 6.45) is -10.1. The molecule has 34 heavy (non-hydrogen) atoms. The fraction of sp³-hybridized carbons (Fsp3) is 0.350. The molecular weight excluding hydrogens is 510 g/mol. The highest BCUT2D eigenvalue weighted by Gasteiger charge is 2.37. The predicted molar refractivity (Wildman–Crippen MR) is 117 cm³/mol. The van der Waals surface area contributed by atoms with Crippen molar-refractivity contribution >= 4 is 51.3 Å². The molecule has 2 rings (SSSR count). The maximum absolute atomic E-state index is 13.1. The van der Waals surface area contributed by atoms with E-state index in [2.05, 4.69) is 10.6 Å². The lowest BCUT2D eigenvalue weighted by molar-refractivity contribution is -0.143. The van der Waals surface area contributed by atoms with Gasteiger partial charge in [0.2, 0.25) is 0 Å². The Kier molecular flexibility index (Phi) is 8.53. The van der Waals surface area contributed by atoms with Crippen molar-refractivity contribution in [2.45, 2.75) is 33.1 Å². The number of ether oxygens (including phenoxy) is 2. The molecule has 0 saturated carbocycles. The van der Waals surface area contributed by atoms with E-state index in [1.165, 1.54) is 6.92 Å². The summed E-state index contributed by atoms with van der Waals surface area (Å²) in [5, 5.41) is 4.37. The number of hydrogen-bond donors (Lipinski definition) is 2. The minimum absolute atomic E-state index is 0.000441. The first-order valence-corrected chi connectivity index (χ1v) is 10.8. The zero-order valence-electron chi connectivity index (χ0n) is 17.9. The number of rotatable bonds is 6. The second kappa shape index (κ2) is 10.6. The number of halogens is 6. The summed E-state index contributed by atoms with van der Waals surface area (Å²) in [4.78, 5) is 24.7. The van der Waals surface area contributed by atoms with Crippen molar-refractivity contribution in [2.24, 2.45) is 0 Å². The number of nitrogens with one attached hydrogen (secondary N) is 2. The summed E-state index contributed by atoms with van der Waals surface area (Å²) in [5.41, 5.74) is -3.51. The van der Waals surface area contributed by atoms with Crippen molar-refractivity contribution in [3.63, 3.8) is 0 Å². The molecule has 0 bridgehead atoms. The summed E-state index contributed by atoms with van der Waals surface area (Å²) in [5.74, 6) is -1.54. The first-order chi connectivity index (χ1) is 15.7. The van der Waals surface area contributed by atoms with Gasteiger partial charge in [-0.3, -0.25) is 0 Å². The maximum atomic E-state index is 13.1. The number of carbonyl (C=O) groups is 2. The smallest absolute Gasteiger partial charge is 0.416 e. The SMILES string of the molecule is CCOC(=O)c1sc(NC(=S)Nc2cc(C(F)(F)F)cc(C(F)(F)F)c2)c(C(=O)OCC)c1C. The highest BCUT2D eigenvalue weighted by Crippen LogP contribution is 2.38. The Hall–Kier alpha value is -2.87. The number of benzene rings is 1. The van der Waals surface area contributed by atoms with Crippen LogP contribution in [0.2, 0.25) is 0 Å². The second-order valence-electron chi connectivity index (χ2n) is 6.57. The quantitative estimate of drug-likeness (QED) is 0.261. The van der Waals surface area contributed by atoms with E-state index >= 15 is 0 Å². The molecule has 14 heteroatoms. The van der Waals surface area contributed by atoms with Crippen LogP contribution in [0.15, 0.2) is 18.2 Å². The fourth-order valence-electron chi connectivity index (χ4n) is 2.73. The van der Waals surface area contributed by atoms with Gasteiger partial charge in [-0.2, -0.15) is 26.3 Å². The molecular formula is C20H18F6N2O4S2. The minimum Gasteiger partial charge on any atom is -0.462 e. The topological polar surface area (TPSA) is 76.7 Å². The van der Waals surface area contributed by atoms with Crippen LogP contribution in [0.5, 0.6) is 0 Å². The second-order valence-corrected chi connectivity index (χ2v) is 8.00. The number of alkyl halides is 6. The van der Waals surface area contributed by atoms with Crippen molar-refractivity contribution < 1.29 is 45.4 Å². The molecule has 186 valence electrons. The van der Waals surface area contributed by atoms with Crippen molar-refractivity contribution in [3.8, 4) is 0 Å². The number of esters is 2. The van der Waals surface area contributed by atoms with Gasteiger partial charge in [0.15, 0.2) is 5.11 Å². The first-order valence-electron chi connectivity index (χ1n) is 9.54. The standard InChI is InChI=1S/C20H18F6N2O4S2/c1-4-31-16(29)13-9(3)14(17(30)32-5-2)34-15(13)28-18(33)27-12-7-10(19(21,22)23)6-11(8-12)20(24,25)26/h6-8H,4-5H2,1-3H3,(H2,27,28,33). The molecule has 0 saturated heterocycles. The lowest BCUT2D eigenvalue weighted by Gasteiger charge is -2.16. The van der Waals surface area contributed by atoms with E-state index in [4.69, 9.17) is 21.7 Å². The van der Waals surface area contributed by atoms with E-state index in [1.807, 2.05) is 0 Å². The van der Waals surface area contributed by atoms with Crippen LogP contribution in [0.3, 0.4) is 0 Å². The van der Waals surface area contributed by atoms with Gasteiger partial charge in [0.25, 0.3) is 0 Å². The van der Waals surface area contributed by atoms with Gasteiger partial charge < -0.3 is 20.1 Å². The molecule has 2 aromatic rings. The number of thiophene rings is 1. The molecule has 0 aliphatic rings. The Bertz CT molecular complexity index is 1060. The van der Waals surface area contributed by atoms with Gasteiger partial charge in [0, 0.05) is 5.69 Å². The van der Waals surface area contributed by atoms with Crippen molar-refractivity contribution in [1.82, 2.24) is 0 Å². The van der Waals surface area contributed by atoms with E-state index in [0.29, 0.717) is 12.1 Å². The predicted octanol–water partition coefficient (Wildman–Crippen LogP) is 6.26. The molecule has 1 aromatic heterocycles. The van der Waals surface area contributed by atoms with Crippen LogP contribution < -0.4 is 10.6 Å². The Labute approximate surface area is 199 Å². The lowest BCUT2D eigenvalue weighted by Crippen LogP contribution is -2.21. The Morgan fingerprint density at radius 2 is 1.41 bits per heavy atom. The third kappa shape index (κ3) is 6.59. The molecule has 1 aromatic carbocycles. The molecule has 2 N–H and O–H groups in total. The Morgan fingerprint density at radius 3 is 1.88 bits per heavy atom. The Balaban J connectivity index is 2.42. The number of anilines is 2. The van der Waals surface area contributed by atoms with E-state index in [9.17, 15) is 35.9 Å². The molecule has 0 amide bonds. The van der Waals surface area contributed by atoms with Crippen LogP contribution in [0.1, 0.15) is 50.6 Å². The van der Waals surface area contributed by atoms with Crippen LogP contribution in [0, 0.1) is 6.92 Å². The third-order valence-corrected chi connectivity index (χ3v) is 5.55. The zero-order chi connectivity index (χ0) is 25.8. The van der Waals surface area contributed by atoms with Crippen LogP contribution >= 0.6 is 23.6 Å². The summed E-state index contributed by atoms with van der Waals surface area (Å²) >= 11 is 5.79. The van der Waals surface area contributed by atoms with Crippen LogP contribution in [-0.4, -0.2) is 30.3 Å². The number of thiocarbonyl (C=S) groups is 1. The first kappa shape index (κ1) is 27.4. The molecule has 0 atom stereocenters. The average Bonchev–Trinajstić information content (AvgIpc) is 3.02. The fourth-order valence-corrected chi connectivity index (χ4v) is 4.11. The van der Waals surface area contributed by atoms with Crippen molar-refractivity contribution in [1.29, 1.82) is 0 Å². The highest BCUT2D eigenvalue weighted by atomic mass is 32.1. The molecule has 1 heterocycles. The number of hydrogen-bond acceptors (Lipinski definition) is 6. The Morgan fingerprint density at radius 1 is 0.912 bits per heavy atom. The van der Waals surface area contributed by atoms with Crippen LogP contribution in [0.4, 0.5) is 37.0 Å². The van der Waals surface area contributed by atoms with Crippen LogP contribution in [-0.2, 0) is 21.8 Å².